The molecule has 0 saturated carbocycles. The minimum absolute atomic E-state index is 0.183. The van der Waals surface area contributed by atoms with Crippen molar-refractivity contribution < 1.29 is 14.3 Å². The zero-order valence-electron chi connectivity index (χ0n) is 23.7. The van der Waals surface area contributed by atoms with E-state index in [1.165, 1.54) is 63.1 Å². The Morgan fingerprint density at radius 1 is 0.897 bits per heavy atom. The minimum atomic E-state index is -0.432. The van der Waals surface area contributed by atoms with E-state index < -0.39 is 5.97 Å². The molecular formula is C34H44N2O3. The SMILES string of the molecule is C=CCCCCCCCCc1ccc(C(=O)Oc2cnc(-c3ccc(OCCC[C@@H](C)CC)cc3)cn2)cc1. The summed E-state index contributed by atoms with van der Waals surface area (Å²) in [5.41, 5.74) is 3.38. The summed E-state index contributed by atoms with van der Waals surface area (Å²) in [7, 11) is 0. The molecule has 3 rings (SSSR count). The maximum absolute atomic E-state index is 12.6. The first-order valence-electron chi connectivity index (χ1n) is 14.6. The lowest BCUT2D eigenvalue weighted by atomic mass is 10.0. The molecule has 0 N–H and O–H groups in total. The number of carbonyl (C=O) groups is 1. The van der Waals surface area contributed by atoms with Crippen molar-refractivity contribution in [1.29, 1.82) is 0 Å². The number of esters is 1. The standard InChI is InChI=1S/C34H44N2O3/c1-4-6-7-8-9-10-11-12-15-28-16-18-30(19-17-28)34(37)39-33-26-35-32(25-36-33)29-20-22-31(23-21-29)38-24-13-14-27(3)5-2/h4,16-23,25-27H,1,5-15,24H2,2-3H3/t27-/m0/s1. The zero-order chi connectivity index (χ0) is 27.7. The van der Waals surface area contributed by atoms with E-state index in [2.05, 4.69) is 30.4 Å². The molecule has 0 saturated heterocycles. The number of nitrogens with zero attached hydrogens (tertiary/aromatic N) is 2. The smallest absolute Gasteiger partial charge is 0.344 e. The molecule has 1 aromatic heterocycles. The van der Waals surface area contributed by atoms with Gasteiger partial charge in [0.1, 0.15) is 5.75 Å². The van der Waals surface area contributed by atoms with Crippen LogP contribution in [-0.2, 0) is 6.42 Å². The Morgan fingerprint density at radius 2 is 1.62 bits per heavy atom. The van der Waals surface area contributed by atoms with Crippen LogP contribution in [0.25, 0.3) is 11.3 Å². The molecule has 0 amide bonds. The fourth-order valence-electron chi connectivity index (χ4n) is 4.35. The number of unbranched alkanes of at least 4 members (excludes halogenated alkanes) is 6. The lowest BCUT2D eigenvalue weighted by Crippen LogP contribution is -2.09. The molecular weight excluding hydrogens is 484 g/mol. The van der Waals surface area contributed by atoms with Gasteiger partial charge < -0.3 is 9.47 Å². The van der Waals surface area contributed by atoms with Crippen LogP contribution in [0.1, 0.15) is 94.0 Å². The topological polar surface area (TPSA) is 61.3 Å². The summed E-state index contributed by atoms with van der Waals surface area (Å²) in [4.78, 5) is 21.3. The second kappa shape index (κ2) is 17.2. The Labute approximate surface area is 234 Å². The number of carbonyl (C=O) groups excluding carboxylic acids is 1. The highest BCUT2D eigenvalue weighted by atomic mass is 16.5. The first-order chi connectivity index (χ1) is 19.1. The van der Waals surface area contributed by atoms with E-state index in [1.807, 2.05) is 54.6 Å². The third-order valence-electron chi connectivity index (χ3n) is 7.10. The van der Waals surface area contributed by atoms with Gasteiger partial charge in [-0.2, -0.15) is 0 Å². The summed E-state index contributed by atoms with van der Waals surface area (Å²) < 4.78 is 11.3. The maximum Gasteiger partial charge on any atom is 0.344 e. The monoisotopic (exact) mass is 528 g/mol. The lowest BCUT2D eigenvalue weighted by Gasteiger charge is -2.10. The van der Waals surface area contributed by atoms with Gasteiger partial charge in [-0.3, -0.25) is 0 Å². The molecule has 208 valence electrons. The van der Waals surface area contributed by atoms with Gasteiger partial charge >= 0.3 is 5.97 Å². The number of aromatic nitrogens is 2. The van der Waals surface area contributed by atoms with Crippen LogP contribution in [0.4, 0.5) is 0 Å². The molecule has 0 radical (unpaired) electrons. The van der Waals surface area contributed by atoms with Gasteiger partial charge in [-0.1, -0.05) is 64.2 Å². The van der Waals surface area contributed by atoms with Crippen LogP contribution in [-0.4, -0.2) is 22.5 Å². The molecule has 1 atom stereocenters. The summed E-state index contributed by atoms with van der Waals surface area (Å²) in [5, 5.41) is 0. The van der Waals surface area contributed by atoms with Crippen LogP contribution in [0.15, 0.2) is 73.6 Å². The van der Waals surface area contributed by atoms with E-state index in [1.54, 1.807) is 6.20 Å². The van der Waals surface area contributed by atoms with E-state index in [0.717, 1.165) is 43.1 Å². The van der Waals surface area contributed by atoms with Crippen molar-refractivity contribution in [3.8, 4) is 22.9 Å². The van der Waals surface area contributed by atoms with Gasteiger partial charge in [-0.25, -0.2) is 14.8 Å². The maximum atomic E-state index is 12.6. The molecule has 1 heterocycles. The highest BCUT2D eigenvalue weighted by molar-refractivity contribution is 5.90. The Balaban J connectivity index is 1.40. The van der Waals surface area contributed by atoms with Crippen molar-refractivity contribution in [1.82, 2.24) is 9.97 Å². The zero-order valence-corrected chi connectivity index (χ0v) is 23.7. The average molecular weight is 529 g/mol. The van der Waals surface area contributed by atoms with Crippen molar-refractivity contribution in [2.75, 3.05) is 6.61 Å². The Kier molecular flexibility index (Phi) is 13.3. The summed E-state index contributed by atoms with van der Waals surface area (Å²) in [6.45, 7) is 8.99. The minimum Gasteiger partial charge on any atom is -0.494 e. The first kappa shape index (κ1) is 30.1. The van der Waals surface area contributed by atoms with Crippen molar-refractivity contribution in [3.63, 3.8) is 0 Å². The largest absolute Gasteiger partial charge is 0.494 e. The summed E-state index contributed by atoms with van der Waals surface area (Å²) >= 11 is 0. The average Bonchev–Trinajstić information content (AvgIpc) is 2.97. The molecule has 5 heteroatoms. The predicted octanol–water partition coefficient (Wildman–Crippen LogP) is 9.03. The van der Waals surface area contributed by atoms with Crippen LogP contribution in [0, 0.1) is 5.92 Å². The van der Waals surface area contributed by atoms with Crippen LogP contribution >= 0.6 is 0 Å². The molecule has 0 spiro atoms. The molecule has 0 bridgehead atoms. The van der Waals surface area contributed by atoms with Crippen LogP contribution < -0.4 is 9.47 Å². The normalized spacial score (nSPS) is 11.6. The molecule has 0 aliphatic rings. The summed E-state index contributed by atoms with van der Waals surface area (Å²) in [6, 6.07) is 15.5. The Bertz CT molecular complexity index is 1110. The van der Waals surface area contributed by atoms with E-state index in [9.17, 15) is 4.79 Å². The molecule has 0 aliphatic carbocycles. The molecule has 0 fully saturated rings. The highest BCUT2D eigenvalue weighted by Gasteiger charge is 2.11. The van der Waals surface area contributed by atoms with Gasteiger partial charge in [0.15, 0.2) is 0 Å². The van der Waals surface area contributed by atoms with E-state index in [-0.39, 0.29) is 5.88 Å². The molecule has 5 nitrogen and oxygen atoms in total. The molecule has 0 unspecified atom stereocenters. The van der Waals surface area contributed by atoms with Crippen LogP contribution in [0.3, 0.4) is 0 Å². The van der Waals surface area contributed by atoms with E-state index >= 15 is 0 Å². The van der Waals surface area contributed by atoms with Gasteiger partial charge in [0, 0.05) is 5.56 Å². The van der Waals surface area contributed by atoms with Gasteiger partial charge in [0.2, 0.25) is 5.88 Å². The van der Waals surface area contributed by atoms with Crippen molar-refractivity contribution in [3.05, 3.63) is 84.7 Å². The van der Waals surface area contributed by atoms with Gasteiger partial charge in [-0.15, -0.1) is 6.58 Å². The second-order valence-corrected chi connectivity index (χ2v) is 10.3. The predicted molar refractivity (Wildman–Crippen MR) is 159 cm³/mol. The first-order valence-corrected chi connectivity index (χ1v) is 14.6. The van der Waals surface area contributed by atoms with Gasteiger partial charge in [-0.05, 0) is 86.4 Å². The number of aryl methyl sites for hydroxylation is 1. The van der Waals surface area contributed by atoms with E-state index in [0.29, 0.717) is 11.3 Å². The molecule has 0 aliphatic heterocycles. The summed E-state index contributed by atoms with van der Waals surface area (Å²) in [6.07, 6.45) is 18.2. The third kappa shape index (κ3) is 11.0. The van der Waals surface area contributed by atoms with Crippen molar-refractivity contribution in [2.24, 2.45) is 5.92 Å². The second-order valence-electron chi connectivity index (χ2n) is 10.3. The number of allylic oxidation sites excluding steroid dienone is 1. The van der Waals surface area contributed by atoms with E-state index in [4.69, 9.17) is 9.47 Å². The Hall–Kier alpha value is -3.47. The van der Waals surface area contributed by atoms with Crippen molar-refractivity contribution in [2.45, 2.75) is 84.5 Å². The van der Waals surface area contributed by atoms with Gasteiger partial charge in [0.05, 0.1) is 30.3 Å². The molecule has 3 aromatic rings. The number of ether oxygens (including phenoxy) is 2. The number of hydrogen-bond donors (Lipinski definition) is 0. The lowest BCUT2D eigenvalue weighted by molar-refractivity contribution is 0.0727. The number of hydrogen-bond acceptors (Lipinski definition) is 5. The summed E-state index contributed by atoms with van der Waals surface area (Å²) in [5.74, 6) is 1.34. The highest BCUT2D eigenvalue weighted by Crippen LogP contribution is 2.22. The number of benzene rings is 2. The Morgan fingerprint density at radius 3 is 2.28 bits per heavy atom. The fourth-order valence-corrected chi connectivity index (χ4v) is 4.35. The van der Waals surface area contributed by atoms with Crippen LogP contribution in [0.5, 0.6) is 11.6 Å². The quantitative estimate of drug-likeness (QED) is 0.0936. The third-order valence-corrected chi connectivity index (χ3v) is 7.10. The van der Waals surface area contributed by atoms with Crippen molar-refractivity contribution >= 4 is 5.97 Å². The molecule has 39 heavy (non-hydrogen) atoms. The number of rotatable bonds is 18. The van der Waals surface area contributed by atoms with Crippen LogP contribution in [0.2, 0.25) is 0 Å². The fraction of sp³-hybridized carbons (Fsp3) is 0.441. The van der Waals surface area contributed by atoms with Gasteiger partial charge in [0.25, 0.3) is 0 Å². The molecule has 2 aromatic carbocycles.